The fraction of sp³-hybridized carbons (Fsp3) is 0.458. The summed E-state index contributed by atoms with van der Waals surface area (Å²) < 4.78 is 6.44. The van der Waals surface area contributed by atoms with Crippen LogP contribution < -0.4 is 5.56 Å². The number of thiophene rings is 1. The zero-order valence-electron chi connectivity index (χ0n) is 18.7. The average Bonchev–Trinajstić information content (AvgIpc) is 3.10. The molecule has 0 spiro atoms. The summed E-state index contributed by atoms with van der Waals surface area (Å²) >= 11 is 2.88. The van der Waals surface area contributed by atoms with Crippen molar-refractivity contribution >= 4 is 39.3 Å². The van der Waals surface area contributed by atoms with Gasteiger partial charge in [0.2, 0.25) is 0 Å². The highest BCUT2D eigenvalue weighted by atomic mass is 32.2. The van der Waals surface area contributed by atoms with E-state index in [9.17, 15) is 9.59 Å². The molecule has 5 nitrogen and oxygen atoms in total. The minimum atomic E-state index is -0.340. The number of methoxy groups -OCH3 is 1. The number of carbonyl (C=O) groups is 1. The topological polar surface area (TPSA) is 61.2 Å². The Bertz CT molecular complexity index is 1190. The minimum absolute atomic E-state index is 0.0482. The normalized spacial score (nSPS) is 16.4. The van der Waals surface area contributed by atoms with E-state index in [1.807, 2.05) is 31.2 Å². The first kappa shape index (κ1) is 22.1. The summed E-state index contributed by atoms with van der Waals surface area (Å²) in [7, 11) is 1.37. The molecule has 31 heavy (non-hydrogen) atoms. The zero-order chi connectivity index (χ0) is 22.3. The molecule has 0 fully saturated rings. The molecule has 2 heterocycles. The summed E-state index contributed by atoms with van der Waals surface area (Å²) in [6.45, 7) is 8.89. The second-order valence-electron chi connectivity index (χ2n) is 9.22. The maximum Gasteiger partial charge on any atom is 0.316 e. The molecule has 1 atom stereocenters. The lowest BCUT2D eigenvalue weighted by molar-refractivity contribution is -0.137. The number of aromatic nitrogens is 2. The predicted octanol–water partition coefficient (Wildman–Crippen LogP) is 5.17. The molecule has 0 saturated heterocycles. The van der Waals surface area contributed by atoms with Gasteiger partial charge in [0.25, 0.3) is 5.56 Å². The SMILES string of the molecule is COC(=O)CSc1nc2sc3c(c2c(=O)n1-c1ccc(C)cc1)CCC(C(C)(C)C)C3. The number of hydrogen-bond acceptors (Lipinski definition) is 6. The Labute approximate surface area is 190 Å². The molecule has 0 N–H and O–H groups in total. The highest BCUT2D eigenvalue weighted by molar-refractivity contribution is 7.99. The van der Waals surface area contributed by atoms with E-state index in [0.29, 0.717) is 11.1 Å². The zero-order valence-corrected chi connectivity index (χ0v) is 20.3. The number of hydrogen-bond donors (Lipinski definition) is 0. The van der Waals surface area contributed by atoms with Crippen LogP contribution in [-0.2, 0) is 22.4 Å². The lowest BCUT2D eigenvalue weighted by Crippen LogP contribution is -2.27. The van der Waals surface area contributed by atoms with Gasteiger partial charge in [-0.25, -0.2) is 4.98 Å². The fourth-order valence-corrected chi connectivity index (χ4v) is 6.33. The molecule has 0 amide bonds. The van der Waals surface area contributed by atoms with Crippen molar-refractivity contribution in [2.75, 3.05) is 12.9 Å². The van der Waals surface area contributed by atoms with Crippen LogP contribution in [0.25, 0.3) is 15.9 Å². The summed E-state index contributed by atoms with van der Waals surface area (Å²) in [5.41, 5.74) is 3.25. The first-order chi connectivity index (χ1) is 14.7. The van der Waals surface area contributed by atoms with Crippen LogP contribution in [0.1, 0.15) is 43.2 Å². The summed E-state index contributed by atoms with van der Waals surface area (Å²) in [5, 5.41) is 1.27. The number of nitrogens with zero attached hydrogens (tertiary/aromatic N) is 2. The van der Waals surface area contributed by atoms with Gasteiger partial charge in [-0.05, 0) is 55.2 Å². The third-order valence-electron chi connectivity index (χ3n) is 6.12. The van der Waals surface area contributed by atoms with Gasteiger partial charge in [-0.2, -0.15) is 0 Å². The molecule has 0 saturated carbocycles. The molecule has 1 unspecified atom stereocenters. The molecule has 2 aromatic heterocycles. The smallest absolute Gasteiger partial charge is 0.316 e. The first-order valence-corrected chi connectivity index (χ1v) is 12.3. The average molecular weight is 457 g/mol. The highest BCUT2D eigenvalue weighted by Gasteiger charge is 2.32. The van der Waals surface area contributed by atoms with E-state index in [2.05, 4.69) is 20.8 Å². The van der Waals surface area contributed by atoms with E-state index in [-0.39, 0.29) is 22.7 Å². The number of carbonyl (C=O) groups excluding carboxylic acids is 1. The van der Waals surface area contributed by atoms with Crippen LogP contribution in [0.5, 0.6) is 0 Å². The number of benzene rings is 1. The summed E-state index contributed by atoms with van der Waals surface area (Å²) in [4.78, 5) is 32.5. The van der Waals surface area contributed by atoms with E-state index >= 15 is 0 Å². The van der Waals surface area contributed by atoms with Crippen molar-refractivity contribution in [3.05, 3.63) is 50.6 Å². The Kier molecular flexibility index (Phi) is 6.01. The fourth-order valence-electron chi connectivity index (χ4n) is 4.15. The van der Waals surface area contributed by atoms with E-state index in [4.69, 9.17) is 9.72 Å². The molecule has 1 aliphatic rings. The number of aryl methyl sites for hydroxylation is 2. The second kappa shape index (κ2) is 8.43. The maximum absolute atomic E-state index is 13.8. The van der Waals surface area contributed by atoms with Crippen LogP contribution in [0.15, 0.2) is 34.2 Å². The predicted molar refractivity (Wildman–Crippen MR) is 128 cm³/mol. The Morgan fingerprint density at radius 3 is 2.65 bits per heavy atom. The minimum Gasteiger partial charge on any atom is -0.468 e. The summed E-state index contributed by atoms with van der Waals surface area (Å²) in [5.74, 6) is 0.367. The Morgan fingerprint density at radius 2 is 2.00 bits per heavy atom. The standard InChI is InChI=1S/C24H28N2O3S2/c1-14-6-9-16(10-7-14)26-22(28)20-17-11-8-15(24(2,3)4)12-18(17)31-21(20)25-23(26)30-13-19(27)29-5/h6-7,9-10,15H,8,11-13H2,1-5H3. The molecule has 164 valence electrons. The molecular weight excluding hydrogens is 428 g/mol. The van der Waals surface area contributed by atoms with Crippen molar-refractivity contribution < 1.29 is 9.53 Å². The van der Waals surface area contributed by atoms with Crippen LogP contribution in [0.2, 0.25) is 0 Å². The molecule has 4 rings (SSSR count). The summed E-state index contributed by atoms with van der Waals surface area (Å²) in [6, 6.07) is 7.83. The van der Waals surface area contributed by atoms with Gasteiger partial charge in [-0.3, -0.25) is 14.2 Å². The van der Waals surface area contributed by atoms with Crippen molar-refractivity contribution in [3.63, 3.8) is 0 Å². The van der Waals surface area contributed by atoms with Gasteiger partial charge in [0.15, 0.2) is 5.16 Å². The van der Waals surface area contributed by atoms with Gasteiger partial charge in [0.05, 0.1) is 23.9 Å². The summed E-state index contributed by atoms with van der Waals surface area (Å²) in [6.07, 6.45) is 3.00. The van der Waals surface area contributed by atoms with Gasteiger partial charge in [-0.1, -0.05) is 50.2 Å². The van der Waals surface area contributed by atoms with Crippen molar-refractivity contribution in [1.82, 2.24) is 9.55 Å². The first-order valence-electron chi connectivity index (χ1n) is 10.5. The molecule has 7 heteroatoms. The quantitative estimate of drug-likeness (QED) is 0.308. The largest absolute Gasteiger partial charge is 0.468 e. The molecule has 1 aliphatic carbocycles. The van der Waals surface area contributed by atoms with Gasteiger partial charge >= 0.3 is 5.97 Å². The maximum atomic E-state index is 13.8. The van der Waals surface area contributed by atoms with Crippen molar-refractivity contribution in [3.8, 4) is 5.69 Å². The van der Waals surface area contributed by atoms with Crippen molar-refractivity contribution in [2.24, 2.45) is 11.3 Å². The highest BCUT2D eigenvalue weighted by Crippen LogP contribution is 2.42. The molecular formula is C24H28N2O3S2. The number of esters is 1. The molecule has 1 aromatic carbocycles. The van der Waals surface area contributed by atoms with Crippen LogP contribution >= 0.6 is 23.1 Å². The van der Waals surface area contributed by atoms with E-state index in [1.54, 1.807) is 15.9 Å². The van der Waals surface area contributed by atoms with Crippen molar-refractivity contribution in [1.29, 1.82) is 0 Å². The number of fused-ring (bicyclic) bond motifs is 3. The number of rotatable bonds is 4. The third kappa shape index (κ3) is 4.30. The number of ether oxygens (including phenoxy) is 1. The van der Waals surface area contributed by atoms with Crippen LogP contribution in [-0.4, -0.2) is 28.4 Å². The van der Waals surface area contributed by atoms with Gasteiger partial charge in [0.1, 0.15) is 4.83 Å². The Hall–Kier alpha value is -2.12. The van der Waals surface area contributed by atoms with Crippen LogP contribution in [0.3, 0.4) is 0 Å². The molecule has 0 bridgehead atoms. The lowest BCUT2D eigenvalue weighted by atomic mass is 9.72. The molecule has 0 aliphatic heterocycles. The third-order valence-corrected chi connectivity index (χ3v) is 8.18. The molecule has 3 aromatic rings. The second-order valence-corrected chi connectivity index (χ2v) is 11.3. The monoisotopic (exact) mass is 456 g/mol. The van der Waals surface area contributed by atoms with E-state index in [1.165, 1.54) is 29.3 Å². The lowest BCUT2D eigenvalue weighted by Gasteiger charge is -2.33. The van der Waals surface area contributed by atoms with Gasteiger partial charge < -0.3 is 4.74 Å². The van der Waals surface area contributed by atoms with Gasteiger partial charge in [0, 0.05) is 4.88 Å². The van der Waals surface area contributed by atoms with Crippen LogP contribution in [0, 0.1) is 18.3 Å². The van der Waals surface area contributed by atoms with Crippen LogP contribution in [0.4, 0.5) is 0 Å². The van der Waals surface area contributed by atoms with Gasteiger partial charge in [-0.15, -0.1) is 11.3 Å². The Morgan fingerprint density at radius 1 is 1.29 bits per heavy atom. The van der Waals surface area contributed by atoms with E-state index < -0.39 is 0 Å². The van der Waals surface area contributed by atoms with Crippen molar-refractivity contribution in [2.45, 2.75) is 52.1 Å². The van der Waals surface area contributed by atoms with E-state index in [0.717, 1.165) is 40.7 Å². The number of thioether (sulfide) groups is 1. The Balaban J connectivity index is 1.87. The molecule has 0 radical (unpaired) electrons.